The van der Waals surface area contributed by atoms with Gasteiger partial charge in [0.2, 0.25) is 0 Å². The van der Waals surface area contributed by atoms with Crippen LogP contribution in [0, 0.1) is 0 Å². The van der Waals surface area contributed by atoms with Gasteiger partial charge in [0.05, 0.1) is 16.7 Å². The van der Waals surface area contributed by atoms with Gasteiger partial charge in [-0.05, 0) is 42.5 Å². The Balaban J connectivity index is 1.49. The SMILES string of the molecule is Nc1ccn([C@@H]2O[C@H](COC(=O)c3ccccc3)C(OC(=O)c3ccccc3)C2OC(=O)c2ccccc2)c(=O)n1. The summed E-state index contributed by atoms with van der Waals surface area (Å²) in [6.07, 6.45) is -3.71. The fourth-order valence-corrected chi connectivity index (χ4v) is 4.30. The first-order valence-electron chi connectivity index (χ1n) is 12.6. The molecule has 11 heteroatoms. The van der Waals surface area contributed by atoms with Crippen molar-refractivity contribution in [2.24, 2.45) is 0 Å². The number of hydrogen-bond acceptors (Lipinski definition) is 10. The van der Waals surface area contributed by atoms with E-state index in [4.69, 9.17) is 24.7 Å². The molecule has 0 bridgehead atoms. The molecule has 5 rings (SSSR count). The van der Waals surface area contributed by atoms with Crippen molar-refractivity contribution in [3.05, 3.63) is 130 Å². The first-order valence-corrected chi connectivity index (χ1v) is 12.6. The molecule has 4 aromatic rings. The summed E-state index contributed by atoms with van der Waals surface area (Å²) in [6, 6.07) is 26.0. The second-order valence-electron chi connectivity index (χ2n) is 9.04. The van der Waals surface area contributed by atoms with E-state index in [1.807, 2.05) is 0 Å². The van der Waals surface area contributed by atoms with Crippen LogP contribution >= 0.6 is 0 Å². The maximum Gasteiger partial charge on any atom is 0.351 e. The van der Waals surface area contributed by atoms with Gasteiger partial charge in [-0.2, -0.15) is 4.98 Å². The zero-order chi connectivity index (χ0) is 28.8. The molecule has 1 saturated heterocycles. The first kappa shape index (κ1) is 27.3. The Morgan fingerprint density at radius 2 is 1.22 bits per heavy atom. The largest absolute Gasteiger partial charge is 0.459 e. The summed E-state index contributed by atoms with van der Waals surface area (Å²) in [5, 5.41) is 0. The Morgan fingerprint density at radius 1 is 0.732 bits per heavy atom. The number of rotatable bonds is 8. The van der Waals surface area contributed by atoms with Gasteiger partial charge in [0, 0.05) is 6.20 Å². The van der Waals surface area contributed by atoms with Crippen LogP contribution in [0.4, 0.5) is 5.82 Å². The Hall–Kier alpha value is -5.29. The van der Waals surface area contributed by atoms with E-state index in [2.05, 4.69) is 4.98 Å². The van der Waals surface area contributed by atoms with Gasteiger partial charge in [-0.15, -0.1) is 0 Å². The topological polar surface area (TPSA) is 149 Å². The molecule has 1 aromatic heterocycles. The summed E-state index contributed by atoms with van der Waals surface area (Å²) >= 11 is 0. The molecule has 1 aliphatic heterocycles. The number of aromatic nitrogens is 2. The third-order valence-electron chi connectivity index (χ3n) is 6.30. The number of nitrogens with zero attached hydrogens (tertiary/aromatic N) is 2. The first-order chi connectivity index (χ1) is 19.9. The van der Waals surface area contributed by atoms with Gasteiger partial charge in [0.1, 0.15) is 18.5 Å². The molecule has 1 fully saturated rings. The summed E-state index contributed by atoms with van der Waals surface area (Å²) in [7, 11) is 0. The highest BCUT2D eigenvalue weighted by atomic mass is 16.7. The predicted octanol–water partition coefficient (Wildman–Crippen LogP) is 3.03. The zero-order valence-electron chi connectivity index (χ0n) is 21.6. The standard InChI is InChI=1S/C30H25N3O8/c31-23-16-17-33(30(37)32-23)26-25(41-29(36)21-14-8-3-9-15-21)24(40-28(35)20-12-6-2-7-13-20)22(39-26)18-38-27(34)19-10-4-1-5-11-19/h1-17,22,24-26H,18H2,(H2,31,32,37)/t22-,24?,25?,26-/m1/s1. The number of nitrogens with two attached hydrogens (primary N) is 1. The number of esters is 3. The maximum atomic E-state index is 13.1. The highest BCUT2D eigenvalue weighted by Gasteiger charge is 2.51. The van der Waals surface area contributed by atoms with Crippen LogP contribution in [0.15, 0.2) is 108 Å². The van der Waals surface area contributed by atoms with E-state index in [0.717, 1.165) is 4.57 Å². The van der Waals surface area contributed by atoms with Crippen LogP contribution < -0.4 is 11.4 Å². The lowest BCUT2D eigenvalue weighted by molar-refractivity contribution is -0.0639. The highest BCUT2D eigenvalue weighted by molar-refractivity contribution is 5.91. The molecule has 0 radical (unpaired) electrons. The van der Waals surface area contributed by atoms with Crippen molar-refractivity contribution >= 4 is 23.7 Å². The molecule has 0 amide bonds. The fraction of sp³-hybridized carbons (Fsp3) is 0.167. The summed E-state index contributed by atoms with van der Waals surface area (Å²) in [5.41, 5.74) is 5.63. The number of ether oxygens (including phenoxy) is 4. The lowest BCUT2D eigenvalue weighted by Gasteiger charge is -2.25. The number of hydrogen-bond donors (Lipinski definition) is 1. The third-order valence-corrected chi connectivity index (χ3v) is 6.30. The fourth-order valence-electron chi connectivity index (χ4n) is 4.30. The van der Waals surface area contributed by atoms with Gasteiger partial charge in [-0.3, -0.25) is 4.57 Å². The average Bonchev–Trinajstić information content (AvgIpc) is 3.33. The molecule has 2 unspecified atom stereocenters. The van der Waals surface area contributed by atoms with Crippen molar-refractivity contribution in [1.82, 2.24) is 9.55 Å². The van der Waals surface area contributed by atoms with E-state index in [-0.39, 0.29) is 23.6 Å². The lowest BCUT2D eigenvalue weighted by atomic mass is 10.1. The zero-order valence-corrected chi connectivity index (χ0v) is 21.6. The van der Waals surface area contributed by atoms with E-state index in [1.54, 1.807) is 91.0 Å². The normalized spacial score (nSPS) is 19.7. The molecular weight excluding hydrogens is 530 g/mol. The van der Waals surface area contributed by atoms with E-state index in [9.17, 15) is 19.2 Å². The molecule has 0 aliphatic carbocycles. The van der Waals surface area contributed by atoms with Crippen molar-refractivity contribution in [2.45, 2.75) is 24.5 Å². The van der Waals surface area contributed by atoms with Crippen molar-refractivity contribution in [3.63, 3.8) is 0 Å². The molecule has 3 aromatic carbocycles. The van der Waals surface area contributed by atoms with Crippen molar-refractivity contribution in [2.75, 3.05) is 12.3 Å². The molecule has 2 heterocycles. The van der Waals surface area contributed by atoms with Crippen LogP contribution in [0.1, 0.15) is 37.3 Å². The lowest BCUT2D eigenvalue weighted by Crippen LogP contribution is -2.42. The van der Waals surface area contributed by atoms with Gasteiger partial charge < -0.3 is 24.7 Å². The van der Waals surface area contributed by atoms with Gasteiger partial charge in [-0.25, -0.2) is 19.2 Å². The van der Waals surface area contributed by atoms with Crippen LogP contribution in [-0.4, -0.2) is 52.4 Å². The minimum absolute atomic E-state index is 0.0255. The van der Waals surface area contributed by atoms with Crippen LogP contribution in [0.2, 0.25) is 0 Å². The van der Waals surface area contributed by atoms with E-state index in [1.165, 1.54) is 12.3 Å². The quantitative estimate of drug-likeness (QED) is 0.254. The van der Waals surface area contributed by atoms with Crippen LogP contribution in [0.3, 0.4) is 0 Å². The molecule has 208 valence electrons. The van der Waals surface area contributed by atoms with Gasteiger partial charge in [-0.1, -0.05) is 54.6 Å². The van der Waals surface area contributed by atoms with E-state index in [0.29, 0.717) is 5.56 Å². The molecule has 11 nitrogen and oxygen atoms in total. The summed E-state index contributed by atoms with van der Waals surface area (Å²) < 4.78 is 24.3. The number of benzene rings is 3. The molecular formula is C30H25N3O8. The number of carbonyl (C=O) groups excluding carboxylic acids is 3. The van der Waals surface area contributed by atoms with Gasteiger partial charge in [0.15, 0.2) is 18.4 Å². The highest BCUT2D eigenvalue weighted by Crippen LogP contribution is 2.34. The van der Waals surface area contributed by atoms with E-state index >= 15 is 0 Å². The Bertz CT molecular complexity index is 1580. The van der Waals surface area contributed by atoms with Crippen LogP contribution in [0.5, 0.6) is 0 Å². The molecule has 2 N–H and O–H groups in total. The van der Waals surface area contributed by atoms with Gasteiger partial charge in [0.25, 0.3) is 0 Å². The van der Waals surface area contributed by atoms with Crippen molar-refractivity contribution in [3.8, 4) is 0 Å². The van der Waals surface area contributed by atoms with Crippen LogP contribution in [0.25, 0.3) is 0 Å². The van der Waals surface area contributed by atoms with Crippen molar-refractivity contribution in [1.29, 1.82) is 0 Å². The Morgan fingerprint density at radius 3 is 1.73 bits per heavy atom. The minimum atomic E-state index is -1.33. The number of anilines is 1. The Kier molecular flexibility index (Phi) is 8.16. The monoisotopic (exact) mass is 555 g/mol. The van der Waals surface area contributed by atoms with Crippen LogP contribution in [-0.2, 0) is 18.9 Å². The molecule has 4 atom stereocenters. The summed E-state index contributed by atoms with van der Waals surface area (Å²) in [5.74, 6) is -2.15. The number of carbonyl (C=O) groups is 3. The molecule has 0 saturated carbocycles. The Labute approximate surface area is 234 Å². The predicted molar refractivity (Wildman–Crippen MR) is 145 cm³/mol. The van der Waals surface area contributed by atoms with E-state index < -0.39 is 48.1 Å². The smallest absolute Gasteiger partial charge is 0.351 e. The van der Waals surface area contributed by atoms with Gasteiger partial charge >= 0.3 is 23.6 Å². The molecule has 41 heavy (non-hydrogen) atoms. The maximum absolute atomic E-state index is 13.1. The summed E-state index contributed by atoms with van der Waals surface area (Å²) in [6.45, 7) is -0.381. The number of nitrogen functional groups attached to an aromatic ring is 1. The molecule has 1 aliphatic rings. The third kappa shape index (κ3) is 6.31. The average molecular weight is 556 g/mol. The minimum Gasteiger partial charge on any atom is -0.459 e. The second-order valence-corrected chi connectivity index (χ2v) is 9.04. The summed E-state index contributed by atoms with van der Waals surface area (Å²) in [4.78, 5) is 55.5. The second kappa shape index (κ2) is 12.3. The van der Waals surface area contributed by atoms with Crippen molar-refractivity contribution < 1.29 is 33.3 Å². The molecule has 0 spiro atoms.